The molecule has 1 aliphatic rings. The number of furan rings is 1. The topological polar surface area (TPSA) is 62.9 Å². The van der Waals surface area contributed by atoms with E-state index in [9.17, 15) is 4.79 Å². The van der Waals surface area contributed by atoms with E-state index in [2.05, 4.69) is 4.90 Å². The summed E-state index contributed by atoms with van der Waals surface area (Å²) in [4.78, 5) is 12.9. The Kier molecular flexibility index (Phi) is 3.81. The summed E-state index contributed by atoms with van der Waals surface area (Å²) in [6, 6.07) is 2.07. The molecule has 1 aliphatic heterocycles. The van der Waals surface area contributed by atoms with Crippen LogP contribution in [0.5, 0.6) is 0 Å². The number of rotatable bonds is 4. The van der Waals surface area contributed by atoms with Crippen LogP contribution in [0, 0.1) is 0 Å². The van der Waals surface area contributed by atoms with Gasteiger partial charge in [0.25, 0.3) is 0 Å². The number of hydrogen-bond donors (Lipinski definition) is 1. The number of carbonyl (C=O) groups is 1. The molecule has 0 aliphatic carbocycles. The Bertz CT molecular complexity index is 382. The average molecular weight is 239 g/mol. The molecule has 17 heavy (non-hydrogen) atoms. The maximum Gasteiger partial charge on any atom is 0.338 e. The zero-order valence-electron chi connectivity index (χ0n) is 9.89. The highest BCUT2D eigenvalue weighted by Gasteiger charge is 2.19. The third-order valence-corrected chi connectivity index (χ3v) is 3.12. The minimum absolute atomic E-state index is 0.209. The summed E-state index contributed by atoms with van der Waals surface area (Å²) in [5.41, 5.74) is 0.209. The molecule has 0 saturated carbocycles. The van der Waals surface area contributed by atoms with Gasteiger partial charge in [0.15, 0.2) is 0 Å². The van der Waals surface area contributed by atoms with Crippen molar-refractivity contribution in [3.63, 3.8) is 0 Å². The first-order valence-corrected chi connectivity index (χ1v) is 5.75. The standard InChI is InChI=1S/C12H17NO4/c1-13(10-2-4-16-5-3-10)7-11-6-9(8-17-11)12(14)15/h6,8,10H,2-5,7H2,1H3,(H,14,15). The van der Waals surface area contributed by atoms with Crippen molar-refractivity contribution in [2.45, 2.75) is 25.4 Å². The second-order valence-corrected chi connectivity index (χ2v) is 4.37. The zero-order valence-corrected chi connectivity index (χ0v) is 9.89. The van der Waals surface area contributed by atoms with E-state index in [0.29, 0.717) is 18.3 Å². The Morgan fingerprint density at radius 2 is 2.24 bits per heavy atom. The van der Waals surface area contributed by atoms with E-state index >= 15 is 0 Å². The highest BCUT2D eigenvalue weighted by molar-refractivity contribution is 5.87. The molecule has 1 saturated heterocycles. The fourth-order valence-corrected chi connectivity index (χ4v) is 2.08. The molecule has 0 spiro atoms. The van der Waals surface area contributed by atoms with Crippen molar-refractivity contribution in [2.24, 2.45) is 0 Å². The van der Waals surface area contributed by atoms with Crippen LogP contribution in [0.15, 0.2) is 16.7 Å². The highest BCUT2D eigenvalue weighted by atomic mass is 16.5. The molecule has 0 atom stereocenters. The maximum atomic E-state index is 10.7. The molecule has 2 rings (SSSR count). The Hall–Kier alpha value is -1.33. The zero-order chi connectivity index (χ0) is 12.3. The van der Waals surface area contributed by atoms with Gasteiger partial charge in [0.05, 0.1) is 12.1 Å². The Morgan fingerprint density at radius 3 is 2.82 bits per heavy atom. The van der Waals surface area contributed by atoms with Crippen molar-refractivity contribution in [3.8, 4) is 0 Å². The lowest BCUT2D eigenvalue weighted by Crippen LogP contribution is -2.36. The molecular weight excluding hydrogens is 222 g/mol. The van der Waals surface area contributed by atoms with Crippen LogP contribution in [-0.2, 0) is 11.3 Å². The predicted octanol–water partition coefficient (Wildman–Crippen LogP) is 1.59. The summed E-state index contributed by atoms with van der Waals surface area (Å²) in [5.74, 6) is -0.259. The summed E-state index contributed by atoms with van der Waals surface area (Å²) in [5, 5.41) is 8.79. The van der Waals surface area contributed by atoms with E-state index in [0.717, 1.165) is 26.1 Å². The number of nitrogens with zero attached hydrogens (tertiary/aromatic N) is 1. The first-order valence-electron chi connectivity index (χ1n) is 5.75. The Balaban J connectivity index is 1.92. The van der Waals surface area contributed by atoms with Crippen molar-refractivity contribution in [1.29, 1.82) is 0 Å². The van der Waals surface area contributed by atoms with Crippen LogP contribution in [0.4, 0.5) is 0 Å². The van der Waals surface area contributed by atoms with Gasteiger partial charge in [0.1, 0.15) is 12.0 Å². The summed E-state index contributed by atoms with van der Waals surface area (Å²) in [6.07, 6.45) is 3.32. The van der Waals surface area contributed by atoms with Gasteiger partial charge < -0.3 is 14.3 Å². The summed E-state index contributed by atoms with van der Waals surface area (Å²) in [7, 11) is 2.03. The van der Waals surface area contributed by atoms with Gasteiger partial charge in [0.2, 0.25) is 0 Å². The van der Waals surface area contributed by atoms with Crippen LogP contribution < -0.4 is 0 Å². The second-order valence-electron chi connectivity index (χ2n) is 4.37. The molecule has 0 radical (unpaired) electrons. The van der Waals surface area contributed by atoms with Crippen molar-refractivity contribution in [1.82, 2.24) is 4.90 Å². The van der Waals surface area contributed by atoms with Gasteiger partial charge in [-0.05, 0) is 26.0 Å². The second kappa shape index (κ2) is 5.33. The van der Waals surface area contributed by atoms with E-state index < -0.39 is 5.97 Å². The number of carboxylic acid groups (broad SMARTS) is 1. The molecule has 0 amide bonds. The molecule has 0 unspecified atom stereocenters. The summed E-state index contributed by atoms with van der Waals surface area (Å²) in [6.45, 7) is 2.24. The smallest absolute Gasteiger partial charge is 0.338 e. The minimum Gasteiger partial charge on any atom is -0.478 e. The minimum atomic E-state index is -0.950. The van der Waals surface area contributed by atoms with Crippen molar-refractivity contribution in [2.75, 3.05) is 20.3 Å². The molecule has 0 aromatic carbocycles. The molecule has 5 heteroatoms. The normalized spacial score (nSPS) is 17.5. The van der Waals surface area contributed by atoms with Crippen molar-refractivity contribution < 1.29 is 19.1 Å². The van der Waals surface area contributed by atoms with Crippen LogP contribution in [-0.4, -0.2) is 42.3 Å². The predicted molar refractivity (Wildman–Crippen MR) is 61.0 cm³/mol. The van der Waals surface area contributed by atoms with Gasteiger partial charge in [-0.25, -0.2) is 4.79 Å². The molecule has 1 aromatic rings. The fourth-order valence-electron chi connectivity index (χ4n) is 2.08. The van der Waals surface area contributed by atoms with Gasteiger partial charge in [-0.2, -0.15) is 0 Å². The highest BCUT2D eigenvalue weighted by Crippen LogP contribution is 2.17. The maximum absolute atomic E-state index is 10.7. The number of hydrogen-bond acceptors (Lipinski definition) is 4. The molecule has 5 nitrogen and oxygen atoms in total. The third kappa shape index (κ3) is 3.08. The lowest BCUT2D eigenvalue weighted by Gasteiger charge is -2.30. The quantitative estimate of drug-likeness (QED) is 0.864. The molecular formula is C12H17NO4. The van der Waals surface area contributed by atoms with Crippen LogP contribution in [0.25, 0.3) is 0 Å². The molecule has 1 fully saturated rings. The average Bonchev–Trinajstić information content (AvgIpc) is 2.79. The Labute approximate surface area is 100.0 Å². The monoisotopic (exact) mass is 239 g/mol. The molecule has 1 N–H and O–H groups in total. The Morgan fingerprint density at radius 1 is 1.53 bits per heavy atom. The van der Waals surface area contributed by atoms with Crippen LogP contribution in [0.2, 0.25) is 0 Å². The van der Waals surface area contributed by atoms with Crippen LogP contribution in [0.3, 0.4) is 0 Å². The fraction of sp³-hybridized carbons (Fsp3) is 0.583. The lowest BCUT2D eigenvalue weighted by atomic mass is 10.1. The SMILES string of the molecule is CN(Cc1cc(C(=O)O)co1)C1CCOCC1. The summed E-state index contributed by atoms with van der Waals surface area (Å²) >= 11 is 0. The molecule has 1 aromatic heterocycles. The van der Waals surface area contributed by atoms with Crippen LogP contribution >= 0.6 is 0 Å². The first kappa shape index (κ1) is 12.1. The number of carboxylic acids is 1. The largest absolute Gasteiger partial charge is 0.478 e. The lowest BCUT2D eigenvalue weighted by molar-refractivity contribution is 0.0387. The molecule has 2 heterocycles. The van der Waals surface area contributed by atoms with Gasteiger partial charge >= 0.3 is 5.97 Å². The van der Waals surface area contributed by atoms with Crippen LogP contribution in [0.1, 0.15) is 29.0 Å². The van der Waals surface area contributed by atoms with E-state index in [-0.39, 0.29) is 5.56 Å². The number of ether oxygens (including phenoxy) is 1. The van der Waals surface area contributed by atoms with Crippen molar-refractivity contribution >= 4 is 5.97 Å². The van der Waals surface area contributed by atoms with Gasteiger partial charge in [0, 0.05) is 19.3 Å². The summed E-state index contributed by atoms with van der Waals surface area (Å²) < 4.78 is 10.5. The van der Waals surface area contributed by atoms with E-state index in [4.69, 9.17) is 14.3 Å². The molecule has 94 valence electrons. The first-order chi connectivity index (χ1) is 8.16. The van der Waals surface area contributed by atoms with Gasteiger partial charge in [-0.15, -0.1) is 0 Å². The van der Waals surface area contributed by atoms with E-state index in [1.807, 2.05) is 7.05 Å². The molecule has 0 bridgehead atoms. The van der Waals surface area contributed by atoms with Crippen molar-refractivity contribution in [3.05, 3.63) is 23.7 Å². The third-order valence-electron chi connectivity index (χ3n) is 3.12. The number of aromatic carboxylic acids is 1. The van der Waals surface area contributed by atoms with E-state index in [1.165, 1.54) is 6.26 Å². The van der Waals surface area contributed by atoms with Gasteiger partial charge in [-0.1, -0.05) is 0 Å². The van der Waals surface area contributed by atoms with Gasteiger partial charge in [-0.3, -0.25) is 4.90 Å². The van der Waals surface area contributed by atoms with E-state index in [1.54, 1.807) is 6.07 Å².